The molecule has 0 unspecified atom stereocenters. The summed E-state index contributed by atoms with van der Waals surface area (Å²) in [6.07, 6.45) is 5.96. The summed E-state index contributed by atoms with van der Waals surface area (Å²) in [5.74, 6) is 1.12. The molecule has 2 amide bonds. The first kappa shape index (κ1) is 23.4. The number of aliphatic hydroxyl groups is 1. The van der Waals surface area contributed by atoms with Gasteiger partial charge in [-0.1, -0.05) is 0 Å². The number of carbonyl (C=O) groups excluding carboxylic acids is 1. The van der Waals surface area contributed by atoms with Crippen molar-refractivity contribution in [3.8, 4) is 0 Å². The summed E-state index contributed by atoms with van der Waals surface area (Å²) in [6, 6.07) is 6.84. The maximum atomic E-state index is 11.9. The number of nitrogens with one attached hydrogen (secondary N) is 5. The topological polar surface area (TPSA) is 149 Å². The van der Waals surface area contributed by atoms with Crippen molar-refractivity contribution in [2.24, 2.45) is 0 Å². The molecule has 0 saturated heterocycles. The average molecular weight is 505 g/mol. The lowest BCUT2D eigenvalue weighted by Gasteiger charge is -2.11. The zero-order valence-corrected chi connectivity index (χ0v) is 18.9. The molecule has 1 aromatic carbocycles. The smallest absolute Gasteiger partial charge is 0.319 e. The summed E-state index contributed by atoms with van der Waals surface area (Å²) < 4.78 is 5.85. The van der Waals surface area contributed by atoms with Crippen molar-refractivity contribution in [3.63, 3.8) is 0 Å². The summed E-state index contributed by atoms with van der Waals surface area (Å²) in [5, 5.41) is 20.5. The van der Waals surface area contributed by atoms with Crippen LogP contribution in [0, 0.1) is 0 Å². The van der Waals surface area contributed by atoms with Crippen LogP contribution in [0.4, 0.5) is 27.9 Å². The number of carbonyl (C=O) groups is 1. The molecule has 0 radical (unpaired) electrons. The van der Waals surface area contributed by atoms with Gasteiger partial charge in [0.15, 0.2) is 0 Å². The van der Waals surface area contributed by atoms with Crippen molar-refractivity contribution >= 4 is 45.1 Å². The first-order valence-electron chi connectivity index (χ1n) is 9.98. The number of H-pyrrole nitrogens is 1. The van der Waals surface area contributed by atoms with Crippen molar-refractivity contribution in [1.29, 1.82) is 0 Å². The summed E-state index contributed by atoms with van der Waals surface area (Å²) in [5.41, 5.74) is 2.39. The Balaban J connectivity index is 1.47. The maximum absolute atomic E-state index is 11.9. The van der Waals surface area contributed by atoms with E-state index in [1.807, 2.05) is 18.3 Å². The highest BCUT2D eigenvalue weighted by molar-refractivity contribution is 9.10. The SMILES string of the molecule is O=C(NCCOCCO)Nc1ccc(Nc2ncc(Br)c(NCCc3c[nH]cn3)n2)cc1. The molecule has 0 aliphatic carbocycles. The third kappa shape index (κ3) is 7.80. The average Bonchev–Trinajstić information content (AvgIpc) is 3.31. The van der Waals surface area contributed by atoms with E-state index in [1.165, 1.54) is 0 Å². The summed E-state index contributed by atoms with van der Waals surface area (Å²) in [4.78, 5) is 27.8. The first-order valence-corrected chi connectivity index (χ1v) is 10.8. The van der Waals surface area contributed by atoms with E-state index in [4.69, 9.17) is 9.84 Å². The number of aromatic nitrogens is 4. The molecule has 11 nitrogen and oxygen atoms in total. The van der Waals surface area contributed by atoms with Gasteiger partial charge < -0.3 is 36.1 Å². The molecule has 3 aromatic rings. The monoisotopic (exact) mass is 504 g/mol. The van der Waals surface area contributed by atoms with Crippen LogP contribution in [0.2, 0.25) is 0 Å². The standard InChI is InChI=1S/C20H25BrN8O3/c21-17-12-25-19(29-18(17)23-6-5-16-11-22-13-26-16)27-14-1-3-15(4-2-14)28-20(31)24-7-9-32-10-8-30/h1-4,11-13,30H,5-10H2,(H,22,26)(H2,24,28,31)(H2,23,25,27,29). The lowest BCUT2D eigenvalue weighted by molar-refractivity contribution is 0.0950. The number of hydrogen-bond donors (Lipinski definition) is 6. The largest absolute Gasteiger partial charge is 0.394 e. The van der Waals surface area contributed by atoms with Gasteiger partial charge in [-0.05, 0) is 40.2 Å². The number of anilines is 4. The van der Waals surface area contributed by atoms with E-state index >= 15 is 0 Å². The Bertz CT molecular complexity index is 969. The Morgan fingerprint density at radius 3 is 2.69 bits per heavy atom. The van der Waals surface area contributed by atoms with Crippen molar-refractivity contribution in [2.45, 2.75) is 6.42 Å². The van der Waals surface area contributed by atoms with Crippen molar-refractivity contribution in [1.82, 2.24) is 25.3 Å². The van der Waals surface area contributed by atoms with Crippen molar-refractivity contribution in [2.75, 3.05) is 48.9 Å². The zero-order chi connectivity index (χ0) is 22.6. The Labute approximate surface area is 193 Å². The molecule has 32 heavy (non-hydrogen) atoms. The fourth-order valence-electron chi connectivity index (χ4n) is 2.63. The fourth-order valence-corrected chi connectivity index (χ4v) is 2.96. The van der Waals surface area contributed by atoms with Crippen molar-refractivity contribution < 1.29 is 14.6 Å². The molecular weight excluding hydrogens is 480 g/mol. The molecule has 0 atom stereocenters. The molecule has 3 rings (SSSR count). The van der Waals surface area contributed by atoms with Gasteiger partial charge in [0.05, 0.1) is 36.3 Å². The van der Waals surface area contributed by atoms with Crippen LogP contribution >= 0.6 is 15.9 Å². The molecule has 0 saturated carbocycles. The minimum absolute atomic E-state index is 0.0401. The maximum Gasteiger partial charge on any atom is 0.319 e. The van der Waals surface area contributed by atoms with Crippen LogP contribution in [-0.4, -0.2) is 64.0 Å². The van der Waals surface area contributed by atoms with Crippen LogP contribution in [0.25, 0.3) is 0 Å². The van der Waals surface area contributed by atoms with Gasteiger partial charge in [0.25, 0.3) is 0 Å². The number of rotatable bonds is 12. The van der Waals surface area contributed by atoms with Crippen LogP contribution in [-0.2, 0) is 11.2 Å². The molecule has 12 heteroatoms. The predicted molar refractivity (Wildman–Crippen MR) is 125 cm³/mol. The second-order valence-electron chi connectivity index (χ2n) is 6.55. The number of hydrogen-bond acceptors (Lipinski definition) is 8. The van der Waals surface area contributed by atoms with E-state index in [-0.39, 0.29) is 19.2 Å². The number of imidazole rings is 1. The summed E-state index contributed by atoms with van der Waals surface area (Å²) in [6.45, 7) is 1.58. The summed E-state index contributed by atoms with van der Waals surface area (Å²) in [7, 11) is 0. The van der Waals surface area contributed by atoms with E-state index < -0.39 is 0 Å². The highest BCUT2D eigenvalue weighted by atomic mass is 79.9. The van der Waals surface area contributed by atoms with Crippen LogP contribution < -0.4 is 21.3 Å². The highest BCUT2D eigenvalue weighted by Crippen LogP contribution is 2.22. The second-order valence-corrected chi connectivity index (χ2v) is 7.40. The van der Waals surface area contributed by atoms with E-state index in [9.17, 15) is 4.79 Å². The molecule has 0 spiro atoms. The third-order valence-electron chi connectivity index (χ3n) is 4.14. The number of urea groups is 1. The molecular formula is C20H25BrN8O3. The Kier molecular flexibility index (Phi) is 9.22. The Morgan fingerprint density at radius 2 is 1.94 bits per heavy atom. The number of nitrogens with zero attached hydrogens (tertiary/aromatic N) is 3. The van der Waals surface area contributed by atoms with Crippen LogP contribution in [0.5, 0.6) is 0 Å². The van der Waals surface area contributed by atoms with Crippen LogP contribution in [0.1, 0.15) is 5.69 Å². The molecule has 0 aliphatic rings. The van der Waals surface area contributed by atoms with Gasteiger partial charge in [-0.25, -0.2) is 14.8 Å². The molecule has 170 valence electrons. The van der Waals surface area contributed by atoms with E-state index in [0.29, 0.717) is 37.1 Å². The summed E-state index contributed by atoms with van der Waals surface area (Å²) >= 11 is 3.46. The first-order chi connectivity index (χ1) is 15.6. The Morgan fingerprint density at radius 1 is 1.12 bits per heavy atom. The lowest BCUT2D eigenvalue weighted by Crippen LogP contribution is -2.31. The Hall–Kier alpha value is -3.22. The molecule has 0 aliphatic heterocycles. The lowest BCUT2D eigenvalue weighted by atomic mass is 10.3. The van der Waals surface area contributed by atoms with E-state index in [2.05, 4.69) is 57.1 Å². The van der Waals surface area contributed by atoms with Gasteiger partial charge in [0.2, 0.25) is 5.95 Å². The van der Waals surface area contributed by atoms with Gasteiger partial charge in [-0.2, -0.15) is 4.98 Å². The number of aromatic amines is 1. The molecule has 0 bridgehead atoms. The van der Waals surface area contributed by atoms with Crippen LogP contribution in [0.3, 0.4) is 0 Å². The zero-order valence-electron chi connectivity index (χ0n) is 17.3. The molecule has 0 fully saturated rings. The number of aliphatic hydroxyl groups excluding tert-OH is 1. The minimum Gasteiger partial charge on any atom is -0.394 e. The molecule has 2 aromatic heterocycles. The normalized spacial score (nSPS) is 10.6. The molecule has 6 N–H and O–H groups in total. The van der Waals surface area contributed by atoms with E-state index in [0.717, 1.165) is 22.3 Å². The number of ether oxygens (including phenoxy) is 1. The minimum atomic E-state index is -0.333. The number of amides is 2. The second kappa shape index (κ2) is 12.6. The van der Waals surface area contributed by atoms with Crippen LogP contribution in [0.15, 0.2) is 47.5 Å². The fraction of sp³-hybridized carbons (Fsp3) is 0.300. The van der Waals surface area contributed by atoms with E-state index in [1.54, 1.807) is 24.7 Å². The third-order valence-corrected chi connectivity index (χ3v) is 4.72. The van der Waals surface area contributed by atoms with Gasteiger partial charge >= 0.3 is 6.03 Å². The number of benzene rings is 1. The predicted octanol–water partition coefficient (Wildman–Crippen LogP) is 2.49. The van der Waals surface area contributed by atoms with Gasteiger partial charge in [-0.15, -0.1) is 0 Å². The van der Waals surface area contributed by atoms with Gasteiger partial charge in [-0.3, -0.25) is 0 Å². The quantitative estimate of drug-likeness (QED) is 0.206. The molecule has 2 heterocycles. The number of halogens is 1. The highest BCUT2D eigenvalue weighted by Gasteiger charge is 2.07. The van der Waals surface area contributed by atoms with Gasteiger partial charge in [0, 0.05) is 43.3 Å². The van der Waals surface area contributed by atoms with Gasteiger partial charge in [0.1, 0.15) is 5.82 Å². The van der Waals surface area contributed by atoms with Crippen molar-refractivity contribution in [3.05, 3.63) is 53.2 Å².